The van der Waals surface area contributed by atoms with Crippen LogP contribution in [0, 0.1) is 0 Å². The summed E-state index contributed by atoms with van der Waals surface area (Å²) in [6, 6.07) is 17.0. The van der Waals surface area contributed by atoms with Crippen molar-refractivity contribution in [1.82, 2.24) is 14.9 Å². The van der Waals surface area contributed by atoms with E-state index >= 15 is 0 Å². The number of benzene rings is 2. The molecule has 1 atom stereocenters. The molecule has 6 nitrogen and oxygen atoms in total. The fraction of sp³-hybridized carbons (Fsp3) is 0.208. The van der Waals surface area contributed by atoms with Gasteiger partial charge in [-0.05, 0) is 36.1 Å². The number of ether oxygens (including phenoxy) is 1. The largest absolute Gasteiger partial charge is 0.383 e. The first-order valence-electron chi connectivity index (χ1n) is 9.85. The van der Waals surface area contributed by atoms with E-state index < -0.39 is 0 Å². The van der Waals surface area contributed by atoms with E-state index in [1.54, 1.807) is 36.2 Å². The molecule has 2 heterocycles. The van der Waals surface area contributed by atoms with Crippen molar-refractivity contribution in [2.24, 2.45) is 0 Å². The summed E-state index contributed by atoms with van der Waals surface area (Å²) in [5.41, 5.74) is 2.10. The zero-order valence-corrected chi connectivity index (χ0v) is 17.0. The van der Waals surface area contributed by atoms with Crippen LogP contribution < -0.4 is 10.9 Å². The molecule has 4 rings (SSSR count). The van der Waals surface area contributed by atoms with Crippen molar-refractivity contribution in [2.45, 2.75) is 19.5 Å². The Balaban J connectivity index is 1.78. The van der Waals surface area contributed by atoms with E-state index in [0.29, 0.717) is 29.6 Å². The SMILES string of the molecule is COCCn1c(=O)c2cnccc2c2ccc(C(=O)NC(C)c3ccccc3)cc21. The van der Waals surface area contributed by atoms with Gasteiger partial charge < -0.3 is 14.6 Å². The molecule has 4 aromatic rings. The van der Waals surface area contributed by atoms with Gasteiger partial charge in [-0.1, -0.05) is 36.4 Å². The molecule has 6 heteroatoms. The first-order valence-corrected chi connectivity index (χ1v) is 9.85. The number of hydrogen-bond donors (Lipinski definition) is 1. The van der Waals surface area contributed by atoms with Crippen LogP contribution in [-0.4, -0.2) is 29.2 Å². The number of carbonyl (C=O) groups is 1. The highest BCUT2D eigenvalue weighted by Gasteiger charge is 2.15. The second-order valence-electron chi connectivity index (χ2n) is 7.21. The molecule has 0 fully saturated rings. The average Bonchev–Trinajstić information content (AvgIpc) is 2.79. The number of amides is 1. The van der Waals surface area contributed by atoms with Crippen LogP contribution >= 0.6 is 0 Å². The van der Waals surface area contributed by atoms with Crippen molar-refractivity contribution in [3.8, 4) is 0 Å². The predicted molar refractivity (Wildman–Crippen MR) is 118 cm³/mol. The van der Waals surface area contributed by atoms with Crippen molar-refractivity contribution in [3.05, 3.63) is 88.5 Å². The monoisotopic (exact) mass is 401 g/mol. The summed E-state index contributed by atoms with van der Waals surface area (Å²) >= 11 is 0. The molecule has 0 aliphatic carbocycles. The number of pyridine rings is 2. The average molecular weight is 401 g/mol. The van der Waals surface area contributed by atoms with Crippen molar-refractivity contribution < 1.29 is 9.53 Å². The van der Waals surface area contributed by atoms with Gasteiger partial charge >= 0.3 is 0 Å². The van der Waals surface area contributed by atoms with Gasteiger partial charge in [-0.25, -0.2) is 0 Å². The Morgan fingerprint density at radius 2 is 1.90 bits per heavy atom. The number of aromatic nitrogens is 2. The molecule has 1 N–H and O–H groups in total. The molecular weight excluding hydrogens is 378 g/mol. The van der Waals surface area contributed by atoms with Crippen LogP contribution in [0.4, 0.5) is 0 Å². The van der Waals surface area contributed by atoms with Crippen LogP contribution in [0.25, 0.3) is 21.7 Å². The molecule has 2 aromatic carbocycles. The van der Waals surface area contributed by atoms with Gasteiger partial charge in [0.1, 0.15) is 0 Å². The van der Waals surface area contributed by atoms with Crippen molar-refractivity contribution in [1.29, 1.82) is 0 Å². The van der Waals surface area contributed by atoms with Crippen molar-refractivity contribution in [2.75, 3.05) is 13.7 Å². The molecule has 0 radical (unpaired) electrons. The Bertz CT molecular complexity index is 1270. The van der Waals surface area contributed by atoms with Crippen molar-refractivity contribution in [3.63, 3.8) is 0 Å². The van der Waals surface area contributed by atoms with E-state index in [2.05, 4.69) is 10.3 Å². The maximum atomic E-state index is 13.1. The summed E-state index contributed by atoms with van der Waals surface area (Å²) < 4.78 is 6.84. The molecule has 30 heavy (non-hydrogen) atoms. The van der Waals surface area contributed by atoms with Crippen LogP contribution in [0.1, 0.15) is 28.9 Å². The molecule has 0 bridgehead atoms. The van der Waals surface area contributed by atoms with Crippen molar-refractivity contribution >= 4 is 27.6 Å². The number of rotatable bonds is 6. The predicted octanol–water partition coefficient (Wildman–Crippen LogP) is 3.69. The van der Waals surface area contributed by atoms with Crippen LogP contribution in [0.2, 0.25) is 0 Å². The minimum Gasteiger partial charge on any atom is -0.383 e. The molecule has 2 aromatic heterocycles. The minimum absolute atomic E-state index is 0.132. The Hall–Kier alpha value is -3.51. The number of fused-ring (bicyclic) bond motifs is 3. The van der Waals surface area contributed by atoms with E-state index in [1.165, 1.54) is 0 Å². The van der Waals surface area contributed by atoms with Gasteiger partial charge in [0.2, 0.25) is 0 Å². The lowest BCUT2D eigenvalue weighted by molar-refractivity contribution is 0.0940. The number of nitrogens with one attached hydrogen (secondary N) is 1. The van der Waals surface area contributed by atoms with Gasteiger partial charge in [0, 0.05) is 37.0 Å². The molecule has 0 aliphatic heterocycles. The standard InChI is InChI=1S/C24H23N3O3/c1-16(17-6-4-3-5-7-17)26-23(28)18-8-9-20-19-10-11-25-15-21(19)24(29)27(12-13-30-2)22(20)14-18/h3-11,14-16H,12-13H2,1-2H3,(H,26,28). The van der Waals surface area contributed by atoms with E-state index in [0.717, 1.165) is 16.3 Å². The third-order valence-electron chi connectivity index (χ3n) is 5.30. The second-order valence-corrected chi connectivity index (χ2v) is 7.21. The second kappa shape index (κ2) is 8.47. The first kappa shape index (κ1) is 19.8. The molecule has 0 spiro atoms. The minimum atomic E-state index is -0.186. The van der Waals surface area contributed by atoms with E-state index in [1.807, 2.05) is 49.4 Å². The summed E-state index contributed by atoms with van der Waals surface area (Å²) in [5.74, 6) is -0.186. The molecular formula is C24H23N3O3. The number of hydrogen-bond acceptors (Lipinski definition) is 4. The normalized spacial score (nSPS) is 12.2. The Morgan fingerprint density at radius 1 is 1.10 bits per heavy atom. The molecule has 1 amide bonds. The summed E-state index contributed by atoms with van der Waals surface area (Å²) in [4.78, 5) is 30.1. The molecule has 0 saturated heterocycles. The summed E-state index contributed by atoms with van der Waals surface area (Å²) in [6.45, 7) is 2.73. The zero-order valence-electron chi connectivity index (χ0n) is 17.0. The number of methoxy groups -OCH3 is 1. The molecule has 152 valence electrons. The lowest BCUT2D eigenvalue weighted by Crippen LogP contribution is -2.27. The van der Waals surface area contributed by atoms with E-state index in [9.17, 15) is 9.59 Å². The maximum Gasteiger partial charge on any atom is 0.260 e. The van der Waals surface area contributed by atoms with Gasteiger partial charge in [-0.3, -0.25) is 14.6 Å². The van der Waals surface area contributed by atoms with Gasteiger partial charge in [-0.15, -0.1) is 0 Å². The quantitative estimate of drug-likeness (QED) is 0.500. The lowest BCUT2D eigenvalue weighted by atomic mass is 10.0. The van der Waals surface area contributed by atoms with Crippen LogP contribution in [0.5, 0.6) is 0 Å². The third kappa shape index (κ3) is 3.69. The van der Waals surface area contributed by atoms with Crippen LogP contribution in [0.15, 0.2) is 71.8 Å². The Labute approximate surface area is 174 Å². The number of carbonyl (C=O) groups excluding carboxylic acids is 1. The molecule has 0 saturated carbocycles. The molecule has 0 aliphatic rings. The smallest absolute Gasteiger partial charge is 0.260 e. The van der Waals surface area contributed by atoms with Crippen LogP contribution in [-0.2, 0) is 11.3 Å². The fourth-order valence-corrected chi connectivity index (χ4v) is 3.69. The zero-order chi connectivity index (χ0) is 21.1. The van der Waals surface area contributed by atoms with Gasteiger partial charge in [-0.2, -0.15) is 0 Å². The fourth-order valence-electron chi connectivity index (χ4n) is 3.69. The highest BCUT2D eigenvalue weighted by Crippen LogP contribution is 2.24. The molecule has 1 unspecified atom stereocenters. The summed E-state index contributed by atoms with van der Waals surface area (Å²) in [7, 11) is 1.60. The summed E-state index contributed by atoms with van der Waals surface area (Å²) in [6.07, 6.45) is 3.26. The van der Waals surface area contributed by atoms with Gasteiger partial charge in [0.05, 0.1) is 23.6 Å². The lowest BCUT2D eigenvalue weighted by Gasteiger charge is -2.16. The van der Waals surface area contributed by atoms with E-state index in [4.69, 9.17) is 4.74 Å². The van der Waals surface area contributed by atoms with E-state index in [-0.39, 0.29) is 17.5 Å². The van der Waals surface area contributed by atoms with Gasteiger partial charge in [0.15, 0.2) is 0 Å². The Morgan fingerprint density at radius 3 is 2.67 bits per heavy atom. The first-order chi connectivity index (χ1) is 14.6. The summed E-state index contributed by atoms with van der Waals surface area (Å²) in [5, 5.41) is 5.30. The maximum absolute atomic E-state index is 13.1. The highest BCUT2D eigenvalue weighted by atomic mass is 16.5. The highest BCUT2D eigenvalue weighted by molar-refractivity contribution is 6.07. The van der Waals surface area contributed by atoms with Crippen LogP contribution in [0.3, 0.4) is 0 Å². The van der Waals surface area contributed by atoms with Gasteiger partial charge in [0.25, 0.3) is 11.5 Å². The Kier molecular flexibility index (Phi) is 5.59. The topological polar surface area (TPSA) is 73.2 Å². The third-order valence-corrected chi connectivity index (χ3v) is 5.30. The number of nitrogens with zero attached hydrogens (tertiary/aromatic N) is 2.